The largest absolute Gasteiger partial charge is 0.448 e. The molecule has 5 rings (SSSR count). The smallest absolute Gasteiger partial charge is 0.410 e. The number of H-pyrrole nitrogens is 1. The van der Waals surface area contributed by atoms with Gasteiger partial charge in [-0.1, -0.05) is 6.07 Å². The first-order chi connectivity index (χ1) is 14.7. The average Bonchev–Trinajstić information content (AvgIpc) is 3.44. The van der Waals surface area contributed by atoms with Crippen LogP contribution in [0.3, 0.4) is 0 Å². The van der Waals surface area contributed by atoms with Gasteiger partial charge >= 0.3 is 6.09 Å². The van der Waals surface area contributed by atoms with E-state index >= 15 is 0 Å². The number of anilines is 1. The fourth-order valence-electron chi connectivity index (χ4n) is 4.07. The van der Waals surface area contributed by atoms with E-state index in [9.17, 15) is 9.59 Å². The van der Waals surface area contributed by atoms with E-state index in [0.29, 0.717) is 25.3 Å². The molecule has 0 spiro atoms. The molecule has 0 saturated carbocycles. The lowest BCUT2D eigenvalue weighted by Gasteiger charge is -2.25. The number of aromatic nitrogens is 1. The van der Waals surface area contributed by atoms with E-state index in [1.54, 1.807) is 4.90 Å². The Balaban J connectivity index is 1.35. The summed E-state index contributed by atoms with van der Waals surface area (Å²) in [7, 11) is 0. The van der Waals surface area contributed by atoms with Gasteiger partial charge in [-0.05, 0) is 35.4 Å². The highest BCUT2D eigenvalue weighted by Crippen LogP contribution is 2.34. The molecular formula is C22H24N4O4. The van der Waals surface area contributed by atoms with Crippen LogP contribution in [0.4, 0.5) is 10.5 Å². The molecule has 0 bridgehead atoms. The van der Waals surface area contributed by atoms with Crippen molar-refractivity contribution in [1.82, 2.24) is 14.8 Å². The third-order valence-electron chi connectivity index (χ3n) is 5.66. The van der Waals surface area contributed by atoms with Crippen molar-refractivity contribution >= 4 is 29.3 Å². The SMILES string of the molecule is O=C1Nc2ccc(CN3CCOC3=O)cc2/C1=C/c1cc(CN2CCOCC2)c[nH]1. The predicted molar refractivity (Wildman–Crippen MR) is 112 cm³/mol. The zero-order valence-corrected chi connectivity index (χ0v) is 16.6. The molecule has 156 valence electrons. The first kappa shape index (κ1) is 18.9. The molecule has 2 fully saturated rings. The number of cyclic esters (lactones) is 1. The maximum absolute atomic E-state index is 12.6. The minimum atomic E-state index is -0.292. The average molecular weight is 408 g/mol. The number of benzene rings is 1. The second-order valence-electron chi connectivity index (χ2n) is 7.78. The minimum Gasteiger partial charge on any atom is -0.448 e. The fourth-order valence-corrected chi connectivity index (χ4v) is 4.07. The topological polar surface area (TPSA) is 86.9 Å². The second-order valence-corrected chi connectivity index (χ2v) is 7.78. The molecule has 3 aliphatic heterocycles. The van der Waals surface area contributed by atoms with Crippen molar-refractivity contribution in [2.45, 2.75) is 13.1 Å². The fraction of sp³-hybridized carbons (Fsp3) is 0.364. The number of aromatic amines is 1. The molecule has 2 saturated heterocycles. The van der Waals surface area contributed by atoms with Gasteiger partial charge in [-0.2, -0.15) is 0 Å². The summed E-state index contributed by atoms with van der Waals surface area (Å²) in [5.41, 5.74) is 5.31. The Morgan fingerprint density at radius 2 is 1.87 bits per heavy atom. The normalized spacial score (nSPS) is 20.5. The van der Waals surface area contributed by atoms with Crippen molar-refractivity contribution in [2.75, 3.05) is 44.8 Å². The third-order valence-corrected chi connectivity index (χ3v) is 5.66. The summed E-state index contributed by atoms with van der Waals surface area (Å²) in [6, 6.07) is 7.88. The van der Waals surface area contributed by atoms with Gasteiger partial charge < -0.3 is 24.7 Å². The van der Waals surface area contributed by atoms with Crippen molar-refractivity contribution in [3.05, 3.63) is 52.8 Å². The van der Waals surface area contributed by atoms with Gasteiger partial charge in [0.05, 0.1) is 25.3 Å². The highest BCUT2D eigenvalue weighted by Gasteiger charge is 2.26. The molecule has 4 heterocycles. The van der Waals surface area contributed by atoms with Gasteiger partial charge in [0.15, 0.2) is 0 Å². The summed E-state index contributed by atoms with van der Waals surface area (Å²) < 4.78 is 10.4. The third kappa shape index (κ3) is 3.83. The predicted octanol–water partition coefficient (Wildman–Crippen LogP) is 2.29. The second kappa shape index (κ2) is 7.97. The summed E-state index contributed by atoms with van der Waals surface area (Å²) in [4.78, 5) is 31.6. The van der Waals surface area contributed by atoms with Crippen molar-refractivity contribution in [3.63, 3.8) is 0 Å². The number of ether oxygens (including phenoxy) is 2. The monoisotopic (exact) mass is 408 g/mol. The number of nitrogens with zero attached hydrogens (tertiary/aromatic N) is 2. The van der Waals surface area contributed by atoms with Gasteiger partial charge in [-0.15, -0.1) is 0 Å². The van der Waals surface area contributed by atoms with E-state index in [0.717, 1.165) is 55.4 Å². The van der Waals surface area contributed by atoms with E-state index in [2.05, 4.69) is 21.3 Å². The highest BCUT2D eigenvalue weighted by molar-refractivity contribution is 6.34. The maximum Gasteiger partial charge on any atom is 0.410 e. The van der Waals surface area contributed by atoms with E-state index in [4.69, 9.17) is 9.47 Å². The molecule has 30 heavy (non-hydrogen) atoms. The zero-order chi connectivity index (χ0) is 20.5. The molecule has 8 nitrogen and oxygen atoms in total. The molecule has 0 unspecified atom stereocenters. The zero-order valence-electron chi connectivity index (χ0n) is 16.6. The van der Waals surface area contributed by atoms with Crippen LogP contribution in [0.25, 0.3) is 11.6 Å². The molecule has 0 aliphatic carbocycles. The molecule has 1 aromatic carbocycles. The van der Waals surface area contributed by atoms with Gasteiger partial charge in [0, 0.05) is 49.3 Å². The molecular weight excluding hydrogens is 384 g/mol. The number of carbonyl (C=O) groups is 2. The van der Waals surface area contributed by atoms with E-state index in [-0.39, 0.29) is 12.0 Å². The Labute approximate surface area is 174 Å². The van der Waals surface area contributed by atoms with Gasteiger partial charge in [0.25, 0.3) is 5.91 Å². The molecule has 2 amide bonds. The van der Waals surface area contributed by atoms with Crippen LogP contribution in [-0.4, -0.2) is 66.2 Å². The van der Waals surface area contributed by atoms with Crippen LogP contribution in [0.1, 0.15) is 22.4 Å². The first-order valence-corrected chi connectivity index (χ1v) is 10.2. The number of nitrogens with one attached hydrogen (secondary N) is 2. The maximum atomic E-state index is 12.6. The van der Waals surface area contributed by atoms with Gasteiger partial charge in [0.2, 0.25) is 0 Å². The van der Waals surface area contributed by atoms with Crippen LogP contribution in [-0.2, 0) is 27.4 Å². The molecule has 3 aliphatic rings. The molecule has 0 atom stereocenters. The number of hydrogen-bond donors (Lipinski definition) is 2. The number of carbonyl (C=O) groups excluding carboxylic acids is 2. The molecule has 2 aromatic rings. The Morgan fingerprint density at radius 1 is 1.00 bits per heavy atom. The Kier molecular flexibility index (Phi) is 5.02. The lowest BCUT2D eigenvalue weighted by Crippen LogP contribution is -2.35. The highest BCUT2D eigenvalue weighted by atomic mass is 16.6. The standard InChI is InChI=1S/C22H24N4O4/c27-21-19(11-17-9-16(12-23-17)13-25-3-6-29-7-4-25)18-10-15(1-2-20(18)24-21)14-26-5-8-30-22(26)28/h1-2,9-12,23H,3-8,13-14H2,(H,24,27)/b19-11-. The lowest BCUT2D eigenvalue weighted by atomic mass is 10.0. The Morgan fingerprint density at radius 3 is 2.67 bits per heavy atom. The van der Waals surface area contributed by atoms with Crippen LogP contribution in [0, 0.1) is 0 Å². The van der Waals surface area contributed by atoms with Gasteiger partial charge in [-0.3, -0.25) is 9.69 Å². The number of morpholine rings is 1. The number of fused-ring (bicyclic) bond motifs is 1. The van der Waals surface area contributed by atoms with E-state index in [1.807, 2.05) is 30.5 Å². The number of rotatable bonds is 5. The van der Waals surface area contributed by atoms with Gasteiger partial charge in [-0.25, -0.2) is 4.79 Å². The van der Waals surface area contributed by atoms with Crippen LogP contribution >= 0.6 is 0 Å². The molecule has 8 heteroatoms. The van der Waals surface area contributed by atoms with Gasteiger partial charge in [0.1, 0.15) is 6.61 Å². The number of hydrogen-bond acceptors (Lipinski definition) is 5. The van der Waals surface area contributed by atoms with Crippen LogP contribution in [0.2, 0.25) is 0 Å². The van der Waals surface area contributed by atoms with Crippen molar-refractivity contribution in [3.8, 4) is 0 Å². The lowest BCUT2D eigenvalue weighted by molar-refractivity contribution is -0.110. The summed E-state index contributed by atoms with van der Waals surface area (Å²) >= 11 is 0. The molecule has 0 radical (unpaired) electrons. The quantitative estimate of drug-likeness (QED) is 0.742. The van der Waals surface area contributed by atoms with Crippen LogP contribution < -0.4 is 5.32 Å². The Hall–Kier alpha value is -3.10. The summed E-state index contributed by atoms with van der Waals surface area (Å²) in [5, 5.41) is 2.92. The van der Waals surface area contributed by atoms with E-state index in [1.165, 1.54) is 5.56 Å². The minimum absolute atomic E-state index is 0.118. The van der Waals surface area contributed by atoms with Crippen LogP contribution in [0.5, 0.6) is 0 Å². The van der Waals surface area contributed by atoms with Crippen molar-refractivity contribution < 1.29 is 19.1 Å². The first-order valence-electron chi connectivity index (χ1n) is 10.2. The summed E-state index contributed by atoms with van der Waals surface area (Å²) in [6.45, 7) is 5.77. The van der Waals surface area contributed by atoms with Crippen molar-refractivity contribution in [1.29, 1.82) is 0 Å². The molecule has 1 aromatic heterocycles. The van der Waals surface area contributed by atoms with E-state index < -0.39 is 0 Å². The van der Waals surface area contributed by atoms with Crippen molar-refractivity contribution in [2.24, 2.45) is 0 Å². The summed E-state index contributed by atoms with van der Waals surface area (Å²) in [6.07, 6.45) is 3.59. The number of amides is 2. The van der Waals surface area contributed by atoms with Crippen LogP contribution in [0.15, 0.2) is 30.5 Å². The molecule has 2 N–H and O–H groups in total. The Bertz CT molecular complexity index is 1010. The summed E-state index contributed by atoms with van der Waals surface area (Å²) in [5.74, 6) is -0.118.